The van der Waals surface area contributed by atoms with E-state index in [2.05, 4.69) is 5.32 Å². The summed E-state index contributed by atoms with van der Waals surface area (Å²) in [4.78, 5) is 24.8. The van der Waals surface area contributed by atoms with E-state index in [1.54, 1.807) is 6.92 Å². The van der Waals surface area contributed by atoms with Crippen LogP contribution in [-0.4, -0.2) is 36.9 Å². The Morgan fingerprint density at radius 2 is 2.05 bits per heavy atom. The number of halogens is 1. The van der Waals surface area contributed by atoms with Gasteiger partial charge in [0.1, 0.15) is 5.82 Å². The van der Waals surface area contributed by atoms with Crippen LogP contribution in [-0.2, 0) is 4.79 Å². The Bertz CT molecular complexity index is 503. The standard InChI is InChI=1S/C13H18FN3O2/c1-4-17(7-11(18)16-3)13(19)10-6-9(15)5-8(2)12(10)14/h5-6H,4,7,15H2,1-3H3,(H,16,18). The van der Waals surface area contributed by atoms with Crippen LogP contribution in [0.5, 0.6) is 0 Å². The van der Waals surface area contributed by atoms with E-state index in [1.165, 1.54) is 31.0 Å². The van der Waals surface area contributed by atoms with Gasteiger partial charge >= 0.3 is 0 Å². The van der Waals surface area contributed by atoms with Gasteiger partial charge in [-0.25, -0.2) is 4.39 Å². The van der Waals surface area contributed by atoms with Crippen LogP contribution < -0.4 is 11.1 Å². The van der Waals surface area contributed by atoms with Gasteiger partial charge in [-0.2, -0.15) is 0 Å². The predicted molar refractivity (Wildman–Crippen MR) is 71.2 cm³/mol. The maximum atomic E-state index is 13.9. The first-order valence-electron chi connectivity index (χ1n) is 5.96. The fourth-order valence-electron chi connectivity index (χ4n) is 1.70. The smallest absolute Gasteiger partial charge is 0.257 e. The second kappa shape index (κ2) is 6.17. The zero-order valence-electron chi connectivity index (χ0n) is 11.3. The van der Waals surface area contributed by atoms with E-state index in [9.17, 15) is 14.0 Å². The Hall–Kier alpha value is -2.11. The summed E-state index contributed by atoms with van der Waals surface area (Å²) >= 11 is 0. The molecule has 0 fully saturated rings. The van der Waals surface area contributed by atoms with Gasteiger partial charge in [0.25, 0.3) is 5.91 Å². The maximum Gasteiger partial charge on any atom is 0.257 e. The number of amides is 2. The number of anilines is 1. The minimum atomic E-state index is -0.602. The van der Waals surface area contributed by atoms with Crippen molar-refractivity contribution in [3.63, 3.8) is 0 Å². The number of aryl methyl sites for hydroxylation is 1. The third-order valence-corrected chi connectivity index (χ3v) is 2.79. The van der Waals surface area contributed by atoms with Crippen LogP contribution in [0.15, 0.2) is 12.1 Å². The van der Waals surface area contributed by atoms with Crippen LogP contribution in [0.4, 0.5) is 10.1 Å². The number of carbonyl (C=O) groups is 2. The predicted octanol–water partition coefficient (Wildman–Crippen LogP) is 0.924. The number of benzene rings is 1. The molecule has 0 atom stereocenters. The van der Waals surface area contributed by atoms with Crippen molar-refractivity contribution in [2.45, 2.75) is 13.8 Å². The maximum absolute atomic E-state index is 13.9. The molecule has 0 radical (unpaired) electrons. The van der Waals surface area contributed by atoms with E-state index in [0.29, 0.717) is 17.8 Å². The van der Waals surface area contributed by atoms with Gasteiger partial charge in [-0.1, -0.05) is 0 Å². The quantitative estimate of drug-likeness (QED) is 0.797. The fraction of sp³-hybridized carbons (Fsp3) is 0.385. The van der Waals surface area contributed by atoms with Gasteiger partial charge in [0.2, 0.25) is 5.91 Å². The number of hydrogen-bond donors (Lipinski definition) is 2. The molecule has 1 aromatic rings. The molecule has 1 rings (SSSR count). The van der Waals surface area contributed by atoms with Crippen molar-refractivity contribution in [1.82, 2.24) is 10.2 Å². The number of likely N-dealkylation sites (N-methyl/N-ethyl adjacent to an activating group) is 2. The number of nitrogens with one attached hydrogen (secondary N) is 1. The van der Waals surface area contributed by atoms with Crippen molar-refractivity contribution in [3.8, 4) is 0 Å². The topological polar surface area (TPSA) is 75.4 Å². The average molecular weight is 267 g/mol. The molecular formula is C13H18FN3O2. The molecular weight excluding hydrogens is 249 g/mol. The molecule has 3 N–H and O–H groups in total. The first-order chi connectivity index (χ1) is 8.90. The monoisotopic (exact) mass is 267 g/mol. The van der Waals surface area contributed by atoms with Gasteiger partial charge in [0.05, 0.1) is 12.1 Å². The van der Waals surface area contributed by atoms with E-state index in [0.717, 1.165) is 0 Å². The third kappa shape index (κ3) is 3.43. The third-order valence-electron chi connectivity index (χ3n) is 2.79. The summed E-state index contributed by atoms with van der Waals surface area (Å²) in [5, 5.41) is 2.42. The minimum absolute atomic E-state index is 0.108. The number of hydrogen-bond acceptors (Lipinski definition) is 3. The van der Waals surface area contributed by atoms with E-state index >= 15 is 0 Å². The molecule has 0 aliphatic heterocycles. The molecule has 0 aromatic heterocycles. The number of rotatable bonds is 4. The van der Waals surface area contributed by atoms with E-state index in [4.69, 9.17) is 5.73 Å². The molecule has 0 aliphatic carbocycles. The Balaban J connectivity index is 3.07. The van der Waals surface area contributed by atoms with Crippen LogP contribution in [0.25, 0.3) is 0 Å². The molecule has 0 saturated heterocycles. The van der Waals surface area contributed by atoms with Crippen LogP contribution in [0.3, 0.4) is 0 Å². The summed E-state index contributed by atoms with van der Waals surface area (Å²) in [7, 11) is 1.48. The van der Waals surface area contributed by atoms with E-state index in [-0.39, 0.29) is 18.0 Å². The Kier molecular flexibility index (Phi) is 4.86. The van der Waals surface area contributed by atoms with Gasteiger partial charge in [-0.3, -0.25) is 9.59 Å². The number of nitrogens with zero attached hydrogens (tertiary/aromatic N) is 1. The van der Waals surface area contributed by atoms with Crippen molar-refractivity contribution in [2.24, 2.45) is 0 Å². The highest BCUT2D eigenvalue weighted by molar-refractivity contribution is 5.97. The largest absolute Gasteiger partial charge is 0.399 e. The molecule has 5 nitrogen and oxygen atoms in total. The number of carbonyl (C=O) groups excluding carboxylic acids is 2. The van der Waals surface area contributed by atoms with Crippen LogP contribution >= 0.6 is 0 Å². The van der Waals surface area contributed by atoms with Gasteiger partial charge in [0.15, 0.2) is 0 Å². The van der Waals surface area contributed by atoms with Gasteiger partial charge < -0.3 is 16.0 Å². The first kappa shape index (κ1) is 14.9. The minimum Gasteiger partial charge on any atom is -0.399 e. The Labute approximate surface area is 111 Å². The van der Waals surface area contributed by atoms with Gasteiger partial charge in [-0.05, 0) is 31.5 Å². The number of nitrogen functional groups attached to an aromatic ring is 1. The second-order valence-corrected chi connectivity index (χ2v) is 4.19. The zero-order chi connectivity index (χ0) is 14.6. The molecule has 2 amide bonds. The molecule has 0 saturated carbocycles. The molecule has 6 heteroatoms. The van der Waals surface area contributed by atoms with E-state index < -0.39 is 11.7 Å². The molecule has 104 valence electrons. The summed E-state index contributed by atoms with van der Waals surface area (Å²) in [5.41, 5.74) is 6.13. The normalized spacial score (nSPS) is 10.1. The summed E-state index contributed by atoms with van der Waals surface area (Å²) in [6.45, 7) is 3.45. The lowest BCUT2D eigenvalue weighted by atomic mass is 10.1. The SMILES string of the molecule is CCN(CC(=O)NC)C(=O)c1cc(N)cc(C)c1F. The molecule has 1 aromatic carbocycles. The highest BCUT2D eigenvalue weighted by atomic mass is 19.1. The molecule has 0 bridgehead atoms. The van der Waals surface area contributed by atoms with Crippen molar-refractivity contribution in [3.05, 3.63) is 29.1 Å². The van der Waals surface area contributed by atoms with Crippen molar-refractivity contribution < 1.29 is 14.0 Å². The van der Waals surface area contributed by atoms with Gasteiger partial charge in [0, 0.05) is 19.3 Å². The van der Waals surface area contributed by atoms with Crippen LogP contribution in [0, 0.1) is 12.7 Å². The molecule has 0 heterocycles. The summed E-state index contributed by atoms with van der Waals surface area (Å²) in [6, 6.07) is 2.75. The lowest BCUT2D eigenvalue weighted by Crippen LogP contribution is -2.39. The second-order valence-electron chi connectivity index (χ2n) is 4.19. The zero-order valence-corrected chi connectivity index (χ0v) is 11.3. The van der Waals surface area contributed by atoms with Gasteiger partial charge in [-0.15, -0.1) is 0 Å². The van der Waals surface area contributed by atoms with Crippen molar-refractivity contribution >= 4 is 17.5 Å². The molecule has 0 unspecified atom stereocenters. The van der Waals surface area contributed by atoms with Crippen LogP contribution in [0.1, 0.15) is 22.8 Å². The van der Waals surface area contributed by atoms with Crippen LogP contribution in [0.2, 0.25) is 0 Å². The number of nitrogens with two attached hydrogens (primary N) is 1. The van der Waals surface area contributed by atoms with Crippen molar-refractivity contribution in [2.75, 3.05) is 25.9 Å². The highest BCUT2D eigenvalue weighted by Crippen LogP contribution is 2.18. The van der Waals surface area contributed by atoms with Crippen molar-refractivity contribution in [1.29, 1.82) is 0 Å². The Morgan fingerprint density at radius 3 is 2.58 bits per heavy atom. The highest BCUT2D eigenvalue weighted by Gasteiger charge is 2.21. The fourth-order valence-corrected chi connectivity index (χ4v) is 1.70. The average Bonchev–Trinajstić information content (AvgIpc) is 2.38. The van der Waals surface area contributed by atoms with E-state index in [1.807, 2.05) is 0 Å². The lowest BCUT2D eigenvalue weighted by molar-refractivity contribution is -0.121. The summed E-state index contributed by atoms with van der Waals surface area (Å²) < 4.78 is 13.9. The summed E-state index contributed by atoms with van der Waals surface area (Å²) in [6.07, 6.45) is 0. The molecule has 0 aliphatic rings. The molecule has 19 heavy (non-hydrogen) atoms. The first-order valence-corrected chi connectivity index (χ1v) is 5.96. The summed E-state index contributed by atoms with van der Waals surface area (Å²) in [5.74, 6) is -1.45. The Morgan fingerprint density at radius 1 is 1.42 bits per heavy atom. The molecule has 0 spiro atoms. The lowest BCUT2D eigenvalue weighted by Gasteiger charge is -2.20.